The van der Waals surface area contributed by atoms with E-state index < -0.39 is 0 Å². The Bertz CT molecular complexity index is 490. The van der Waals surface area contributed by atoms with Gasteiger partial charge in [-0.05, 0) is 43.1 Å². The lowest BCUT2D eigenvalue weighted by Gasteiger charge is -2.09. The van der Waals surface area contributed by atoms with Gasteiger partial charge in [0.15, 0.2) is 5.78 Å². The molecule has 1 aromatic carbocycles. The van der Waals surface area contributed by atoms with E-state index in [9.17, 15) is 9.59 Å². The minimum absolute atomic E-state index is 0.00332. The molecule has 0 radical (unpaired) electrons. The molecule has 2 aliphatic heterocycles. The van der Waals surface area contributed by atoms with Gasteiger partial charge in [0, 0.05) is 11.3 Å². The molecule has 2 aliphatic rings. The van der Waals surface area contributed by atoms with Crippen molar-refractivity contribution in [2.45, 2.75) is 25.3 Å². The molecule has 0 aliphatic carbocycles. The van der Waals surface area contributed by atoms with Gasteiger partial charge in [-0.25, -0.2) is 0 Å². The van der Waals surface area contributed by atoms with E-state index in [0.717, 1.165) is 30.6 Å². The van der Waals surface area contributed by atoms with Gasteiger partial charge in [0.2, 0.25) is 5.91 Å². The van der Waals surface area contributed by atoms with Gasteiger partial charge < -0.3 is 10.6 Å². The molecule has 1 amide bonds. The van der Waals surface area contributed by atoms with E-state index in [2.05, 4.69) is 10.6 Å². The smallest absolute Gasteiger partial charge is 0.228 e. The van der Waals surface area contributed by atoms with E-state index in [4.69, 9.17) is 0 Å². The zero-order valence-electron chi connectivity index (χ0n) is 9.45. The molecule has 1 saturated heterocycles. The molecule has 2 heterocycles. The number of ketones is 1. The highest BCUT2D eigenvalue weighted by Gasteiger charge is 2.25. The minimum atomic E-state index is -0.0434. The highest BCUT2D eigenvalue weighted by molar-refractivity contribution is 6.04. The molecule has 1 atom stereocenters. The molecule has 0 aromatic heterocycles. The summed E-state index contributed by atoms with van der Waals surface area (Å²) in [6.45, 7) is 0.918. The fourth-order valence-corrected chi connectivity index (χ4v) is 2.49. The zero-order chi connectivity index (χ0) is 11.8. The summed E-state index contributed by atoms with van der Waals surface area (Å²) in [6, 6.07) is 5.42. The van der Waals surface area contributed by atoms with Crippen LogP contribution in [0.5, 0.6) is 0 Å². The fraction of sp³-hybridized carbons (Fsp3) is 0.385. The predicted octanol–water partition coefficient (Wildman–Crippen LogP) is 1.12. The molecule has 4 heteroatoms. The molecule has 1 aromatic rings. The highest BCUT2D eigenvalue weighted by Crippen LogP contribution is 2.25. The number of Topliss-reactive ketones (excluding diaryl/α,β-unsaturated/α-hetero) is 1. The molecule has 17 heavy (non-hydrogen) atoms. The third-order valence-corrected chi connectivity index (χ3v) is 3.39. The largest absolute Gasteiger partial charge is 0.326 e. The van der Waals surface area contributed by atoms with E-state index in [1.807, 2.05) is 12.1 Å². The summed E-state index contributed by atoms with van der Waals surface area (Å²) < 4.78 is 0. The number of hydrogen-bond donors (Lipinski definition) is 2. The van der Waals surface area contributed by atoms with Crippen LogP contribution in [-0.2, 0) is 11.2 Å². The predicted molar refractivity (Wildman–Crippen MR) is 64.1 cm³/mol. The SMILES string of the molecule is O=C1Cc2cc(C(=O)C3CCCN3)ccc2N1. The lowest BCUT2D eigenvalue weighted by molar-refractivity contribution is -0.115. The molecule has 88 valence electrons. The molecule has 2 N–H and O–H groups in total. The van der Waals surface area contributed by atoms with Crippen molar-refractivity contribution in [3.63, 3.8) is 0 Å². The van der Waals surface area contributed by atoms with Crippen LogP contribution in [0.3, 0.4) is 0 Å². The second-order valence-electron chi connectivity index (χ2n) is 4.61. The summed E-state index contributed by atoms with van der Waals surface area (Å²) in [4.78, 5) is 23.4. The highest BCUT2D eigenvalue weighted by atomic mass is 16.2. The van der Waals surface area contributed by atoms with E-state index in [-0.39, 0.29) is 17.7 Å². The van der Waals surface area contributed by atoms with Crippen LogP contribution in [0, 0.1) is 0 Å². The van der Waals surface area contributed by atoms with Crippen LogP contribution in [-0.4, -0.2) is 24.3 Å². The summed E-state index contributed by atoms with van der Waals surface area (Å²) in [5.74, 6) is 0.147. The Kier molecular flexibility index (Phi) is 2.44. The summed E-state index contributed by atoms with van der Waals surface area (Å²) in [6.07, 6.45) is 2.35. The van der Waals surface area contributed by atoms with E-state index in [1.54, 1.807) is 6.07 Å². The Balaban J connectivity index is 1.87. The first-order valence-corrected chi connectivity index (χ1v) is 5.94. The van der Waals surface area contributed by atoms with Crippen molar-refractivity contribution in [2.75, 3.05) is 11.9 Å². The second kappa shape index (κ2) is 3.96. The number of rotatable bonds is 2. The topological polar surface area (TPSA) is 58.2 Å². The molecule has 0 bridgehead atoms. The number of anilines is 1. The lowest BCUT2D eigenvalue weighted by atomic mass is 10.00. The Morgan fingerprint density at radius 2 is 2.24 bits per heavy atom. The van der Waals surface area contributed by atoms with Crippen molar-refractivity contribution in [1.29, 1.82) is 0 Å². The van der Waals surface area contributed by atoms with Gasteiger partial charge in [-0.1, -0.05) is 0 Å². The summed E-state index contributed by atoms with van der Waals surface area (Å²) in [5, 5.41) is 5.97. The van der Waals surface area contributed by atoms with Gasteiger partial charge in [0.1, 0.15) is 0 Å². The Hall–Kier alpha value is -1.68. The van der Waals surface area contributed by atoms with Gasteiger partial charge in [0.05, 0.1) is 12.5 Å². The van der Waals surface area contributed by atoms with Crippen LogP contribution in [0.1, 0.15) is 28.8 Å². The van der Waals surface area contributed by atoms with E-state index >= 15 is 0 Å². The molecule has 0 saturated carbocycles. The minimum Gasteiger partial charge on any atom is -0.326 e. The molecule has 1 unspecified atom stereocenters. The average Bonchev–Trinajstić information content (AvgIpc) is 2.94. The van der Waals surface area contributed by atoms with Gasteiger partial charge in [-0.2, -0.15) is 0 Å². The molecule has 1 fully saturated rings. The first-order chi connectivity index (χ1) is 8.24. The third-order valence-electron chi connectivity index (χ3n) is 3.39. The average molecular weight is 230 g/mol. The summed E-state index contributed by atoms with van der Waals surface area (Å²) in [7, 11) is 0. The maximum absolute atomic E-state index is 12.2. The number of amides is 1. The van der Waals surface area contributed by atoms with Crippen molar-refractivity contribution in [1.82, 2.24) is 5.32 Å². The molecule has 0 spiro atoms. The summed E-state index contributed by atoms with van der Waals surface area (Å²) >= 11 is 0. The van der Waals surface area contributed by atoms with Crippen LogP contribution in [0.2, 0.25) is 0 Å². The number of carbonyl (C=O) groups excluding carboxylic acids is 2. The monoisotopic (exact) mass is 230 g/mol. The fourth-order valence-electron chi connectivity index (χ4n) is 2.49. The quantitative estimate of drug-likeness (QED) is 0.748. The molecular weight excluding hydrogens is 216 g/mol. The van der Waals surface area contributed by atoms with Crippen molar-refractivity contribution >= 4 is 17.4 Å². The van der Waals surface area contributed by atoms with Crippen LogP contribution < -0.4 is 10.6 Å². The number of hydrogen-bond acceptors (Lipinski definition) is 3. The standard InChI is InChI=1S/C13H14N2O2/c16-12-7-9-6-8(3-4-10(9)15-12)13(17)11-2-1-5-14-11/h3-4,6,11,14H,1-2,5,7H2,(H,15,16). The number of nitrogens with one attached hydrogen (secondary N) is 2. The van der Waals surface area contributed by atoms with Gasteiger partial charge >= 0.3 is 0 Å². The van der Waals surface area contributed by atoms with Crippen molar-refractivity contribution in [3.8, 4) is 0 Å². The van der Waals surface area contributed by atoms with Crippen LogP contribution >= 0.6 is 0 Å². The molecule has 3 rings (SSSR count). The van der Waals surface area contributed by atoms with Crippen molar-refractivity contribution < 1.29 is 9.59 Å². The van der Waals surface area contributed by atoms with Crippen molar-refractivity contribution in [3.05, 3.63) is 29.3 Å². The van der Waals surface area contributed by atoms with Crippen LogP contribution in [0.4, 0.5) is 5.69 Å². The maximum Gasteiger partial charge on any atom is 0.228 e. The first kappa shape index (κ1) is 10.5. The normalized spacial score (nSPS) is 22.4. The van der Waals surface area contributed by atoms with Gasteiger partial charge in [-0.15, -0.1) is 0 Å². The van der Waals surface area contributed by atoms with Gasteiger partial charge in [-0.3, -0.25) is 9.59 Å². The van der Waals surface area contributed by atoms with Crippen molar-refractivity contribution in [2.24, 2.45) is 0 Å². The van der Waals surface area contributed by atoms with E-state index in [1.165, 1.54) is 0 Å². The third kappa shape index (κ3) is 1.85. The lowest BCUT2D eigenvalue weighted by Crippen LogP contribution is -2.30. The molecular formula is C13H14N2O2. The van der Waals surface area contributed by atoms with Gasteiger partial charge in [0.25, 0.3) is 0 Å². The first-order valence-electron chi connectivity index (χ1n) is 5.94. The van der Waals surface area contributed by atoms with E-state index in [0.29, 0.717) is 12.0 Å². The molecule has 4 nitrogen and oxygen atoms in total. The number of benzene rings is 1. The Labute approximate surface area is 99.4 Å². The number of carbonyl (C=O) groups is 2. The Morgan fingerprint density at radius 3 is 3.00 bits per heavy atom. The summed E-state index contributed by atoms with van der Waals surface area (Å²) in [5.41, 5.74) is 2.48. The van der Waals surface area contributed by atoms with Crippen LogP contribution in [0.15, 0.2) is 18.2 Å². The maximum atomic E-state index is 12.2. The number of fused-ring (bicyclic) bond motifs is 1. The zero-order valence-corrected chi connectivity index (χ0v) is 9.45. The Morgan fingerprint density at radius 1 is 1.35 bits per heavy atom. The second-order valence-corrected chi connectivity index (χ2v) is 4.61. The van der Waals surface area contributed by atoms with Crippen LogP contribution in [0.25, 0.3) is 0 Å².